The molecule has 172 valence electrons. The van der Waals surface area contributed by atoms with E-state index in [0.717, 1.165) is 37.3 Å². The number of hydrogen-bond acceptors (Lipinski definition) is 3. The van der Waals surface area contributed by atoms with Gasteiger partial charge in [0.1, 0.15) is 0 Å². The Morgan fingerprint density at radius 1 is 0.969 bits per heavy atom. The van der Waals surface area contributed by atoms with Gasteiger partial charge in [0.05, 0.1) is 18.8 Å². The Bertz CT molecular complexity index is 943. The minimum Gasteiger partial charge on any atom is -0.357 e. The molecule has 1 aliphatic rings. The first-order valence-corrected chi connectivity index (χ1v) is 10.7. The van der Waals surface area contributed by atoms with Crippen LogP contribution in [-0.4, -0.2) is 42.9 Å². The SMILES string of the molecule is CCNC(=NCc1ccc(CN2CCCC2)cc1)NCC(=O)Nc1ccc(F)c(F)c1F. The number of rotatable bonds is 8. The minimum absolute atomic E-state index is 0.223. The van der Waals surface area contributed by atoms with Crippen molar-refractivity contribution in [3.63, 3.8) is 0 Å². The number of anilines is 1. The number of hydrogen-bond donors (Lipinski definition) is 3. The van der Waals surface area contributed by atoms with Gasteiger partial charge in [0.15, 0.2) is 23.4 Å². The summed E-state index contributed by atoms with van der Waals surface area (Å²) in [6.45, 7) is 5.93. The van der Waals surface area contributed by atoms with Crippen molar-refractivity contribution in [2.75, 3.05) is 31.5 Å². The van der Waals surface area contributed by atoms with Crippen LogP contribution < -0.4 is 16.0 Å². The van der Waals surface area contributed by atoms with Crippen molar-refractivity contribution < 1.29 is 18.0 Å². The van der Waals surface area contributed by atoms with Gasteiger partial charge in [-0.3, -0.25) is 9.69 Å². The molecule has 1 aliphatic heterocycles. The van der Waals surface area contributed by atoms with Gasteiger partial charge in [-0.05, 0) is 56.1 Å². The lowest BCUT2D eigenvalue weighted by Gasteiger charge is -2.14. The minimum atomic E-state index is -1.63. The third-order valence-corrected chi connectivity index (χ3v) is 5.12. The molecular weight excluding hydrogens is 419 g/mol. The van der Waals surface area contributed by atoms with E-state index in [1.807, 2.05) is 19.1 Å². The maximum Gasteiger partial charge on any atom is 0.243 e. The first-order valence-electron chi connectivity index (χ1n) is 10.7. The monoisotopic (exact) mass is 447 g/mol. The second-order valence-corrected chi connectivity index (χ2v) is 7.62. The molecule has 32 heavy (non-hydrogen) atoms. The Kier molecular flexibility index (Phi) is 8.49. The molecule has 9 heteroatoms. The summed E-state index contributed by atoms with van der Waals surface area (Å²) in [5.74, 6) is -4.59. The van der Waals surface area contributed by atoms with Gasteiger partial charge < -0.3 is 16.0 Å². The number of carbonyl (C=O) groups is 1. The van der Waals surface area contributed by atoms with Crippen molar-refractivity contribution in [1.29, 1.82) is 0 Å². The van der Waals surface area contributed by atoms with Gasteiger partial charge in [-0.2, -0.15) is 0 Å². The van der Waals surface area contributed by atoms with Crippen molar-refractivity contribution in [2.24, 2.45) is 4.99 Å². The zero-order valence-corrected chi connectivity index (χ0v) is 18.1. The second-order valence-electron chi connectivity index (χ2n) is 7.62. The fraction of sp³-hybridized carbons (Fsp3) is 0.391. The summed E-state index contributed by atoms with van der Waals surface area (Å²) in [6.07, 6.45) is 2.53. The van der Waals surface area contributed by atoms with E-state index >= 15 is 0 Å². The van der Waals surface area contributed by atoms with Gasteiger partial charge in [-0.25, -0.2) is 18.2 Å². The van der Waals surface area contributed by atoms with Crippen LogP contribution in [0, 0.1) is 17.5 Å². The van der Waals surface area contributed by atoms with Crippen LogP contribution in [0.3, 0.4) is 0 Å². The van der Waals surface area contributed by atoms with Gasteiger partial charge in [0.2, 0.25) is 5.91 Å². The van der Waals surface area contributed by atoms with Crippen LogP contribution >= 0.6 is 0 Å². The van der Waals surface area contributed by atoms with Crippen molar-refractivity contribution in [3.8, 4) is 0 Å². The Hall–Kier alpha value is -3.07. The number of halogens is 3. The first kappa shape index (κ1) is 23.6. The Balaban J connectivity index is 1.52. The molecule has 2 aromatic rings. The highest BCUT2D eigenvalue weighted by Gasteiger charge is 2.15. The number of aliphatic imine (C=N–C) groups is 1. The third kappa shape index (κ3) is 6.71. The fourth-order valence-corrected chi connectivity index (χ4v) is 3.44. The number of guanidine groups is 1. The topological polar surface area (TPSA) is 68.8 Å². The number of amides is 1. The lowest BCUT2D eigenvalue weighted by molar-refractivity contribution is -0.115. The van der Waals surface area contributed by atoms with E-state index in [2.05, 4.69) is 38.0 Å². The Labute approximate surface area is 185 Å². The summed E-state index contributed by atoms with van der Waals surface area (Å²) >= 11 is 0. The molecule has 0 atom stereocenters. The fourth-order valence-electron chi connectivity index (χ4n) is 3.44. The molecule has 1 amide bonds. The molecule has 0 bridgehead atoms. The van der Waals surface area contributed by atoms with Crippen molar-refractivity contribution in [1.82, 2.24) is 15.5 Å². The summed E-state index contributed by atoms with van der Waals surface area (Å²) in [6, 6.07) is 10.0. The molecule has 3 N–H and O–H groups in total. The summed E-state index contributed by atoms with van der Waals surface area (Å²) in [7, 11) is 0. The van der Waals surface area contributed by atoms with E-state index in [1.54, 1.807) is 0 Å². The summed E-state index contributed by atoms with van der Waals surface area (Å²) in [5, 5.41) is 8.09. The zero-order chi connectivity index (χ0) is 22.9. The van der Waals surface area contributed by atoms with E-state index in [9.17, 15) is 18.0 Å². The summed E-state index contributed by atoms with van der Waals surface area (Å²) < 4.78 is 40.0. The number of benzene rings is 2. The summed E-state index contributed by atoms with van der Waals surface area (Å²) in [4.78, 5) is 19.0. The number of nitrogens with zero attached hydrogens (tertiary/aromatic N) is 2. The van der Waals surface area contributed by atoms with Crippen LogP contribution in [-0.2, 0) is 17.9 Å². The lowest BCUT2D eigenvalue weighted by atomic mass is 10.1. The number of likely N-dealkylation sites (tertiary alicyclic amines) is 1. The molecule has 0 unspecified atom stereocenters. The Morgan fingerprint density at radius 3 is 2.34 bits per heavy atom. The van der Waals surface area contributed by atoms with Crippen molar-refractivity contribution in [3.05, 3.63) is 65.0 Å². The average molecular weight is 448 g/mol. The van der Waals surface area contributed by atoms with Crippen molar-refractivity contribution in [2.45, 2.75) is 32.9 Å². The van der Waals surface area contributed by atoms with Gasteiger partial charge in [0, 0.05) is 13.1 Å². The Morgan fingerprint density at radius 2 is 1.66 bits per heavy atom. The lowest BCUT2D eigenvalue weighted by Crippen LogP contribution is -2.41. The normalized spacial score (nSPS) is 14.4. The standard InChI is InChI=1S/C23H28F3N5O/c1-2-27-23(29-14-20(32)30-19-10-9-18(24)21(25)22(19)26)28-13-16-5-7-17(8-6-16)15-31-11-3-4-12-31/h5-10H,2-4,11-15H2,1H3,(H,30,32)(H2,27,28,29). The molecule has 0 aromatic heterocycles. The van der Waals surface area contributed by atoms with E-state index < -0.39 is 29.0 Å². The van der Waals surface area contributed by atoms with Gasteiger partial charge in [-0.1, -0.05) is 24.3 Å². The average Bonchev–Trinajstić information content (AvgIpc) is 3.30. The van der Waals surface area contributed by atoms with Crippen LogP contribution in [0.5, 0.6) is 0 Å². The van der Waals surface area contributed by atoms with E-state index in [1.165, 1.54) is 18.4 Å². The highest BCUT2D eigenvalue weighted by Crippen LogP contribution is 2.19. The quantitative estimate of drug-likeness (QED) is 0.330. The van der Waals surface area contributed by atoms with Crippen LogP contribution in [0.1, 0.15) is 30.9 Å². The molecular formula is C23H28F3N5O. The first-order chi connectivity index (χ1) is 15.5. The molecule has 0 radical (unpaired) electrons. The van der Waals surface area contributed by atoms with Crippen LogP contribution in [0.25, 0.3) is 0 Å². The molecule has 1 heterocycles. The second kappa shape index (κ2) is 11.5. The maximum absolute atomic E-state index is 13.7. The number of nitrogens with one attached hydrogen (secondary N) is 3. The highest BCUT2D eigenvalue weighted by molar-refractivity contribution is 5.95. The van der Waals surface area contributed by atoms with Gasteiger partial charge in [-0.15, -0.1) is 0 Å². The van der Waals surface area contributed by atoms with Crippen molar-refractivity contribution >= 4 is 17.6 Å². The molecule has 0 spiro atoms. The zero-order valence-electron chi connectivity index (χ0n) is 18.1. The molecule has 0 saturated carbocycles. The smallest absolute Gasteiger partial charge is 0.243 e. The van der Waals surface area contributed by atoms with Gasteiger partial charge in [0.25, 0.3) is 0 Å². The molecule has 1 fully saturated rings. The number of carbonyl (C=O) groups excluding carboxylic acids is 1. The molecule has 1 saturated heterocycles. The van der Waals surface area contributed by atoms with E-state index in [4.69, 9.17) is 0 Å². The van der Waals surface area contributed by atoms with Crippen LogP contribution in [0.2, 0.25) is 0 Å². The van der Waals surface area contributed by atoms with E-state index in [0.29, 0.717) is 19.0 Å². The predicted molar refractivity (Wildman–Crippen MR) is 119 cm³/mol. The molecule has 0 aliphatic carbocycles. The largest absolute Gasteiger partial charge is 0.357 e. The highest BCUT2D eigenvalue weighted by atomic mass is 19.2. The molecule has 2 aromatic carbocycles. The van der Waals surface area contributed by atoms with Crippen LogP contribution in [0.15, 0.2) is 41.4 Å². The third-order valence-electron chi connectivity index (χ3n) is 5.12. The summed E-state index contributed by atoms with van der Waals surface area (Å²) in [5.41, 5.74) is 1.87. The van der Waals surface area contributed by atoms with Crippen LogP contribution in [0.4, 0.5) is 18.9 Å². The van der Waals surface area contributed by atoms with Gasteiger partial charge >= 0.3 is 0 Å². The van der Waals surface area contributed by atoms with E-state index in [-0.39, 0.29) is 6.54 Å². The maximum atomic E-state index is 13.7. The predicted octanol–water partition coefficient (Wildman–Crippen LogP) is 3.39. The molecule has 6 nitrogen and oxygen atoms in total. The molecule has 3 rings (SSSR count).